The zero-order valence-electron chi connectivity index (χ0n) is 17.3. The Kier molecular flexibility index (Phi) is 5.70. The van der Waals surface area contributed by atoms with Crippen LogP contribution in [0.2, 0.25) is 0 Å². The van der Waals surface area contributed by atoms with Gasteiger partial charge in [-0.1, -0.05) is 42.5 Å². The molecule has 0 aromatic heterocycles. The van der Waals surface area contributed by atoms with Crippen molar-refractivity contribution in [2.24, 2.45) is 0 Å². The predicted molar refractivity (Wildman–Crippen MR) is 117 cm³/mol. The van der Waals surface area contributed by atoms with Gasteiger partial charge in [0.05, 0.1) is 13.0 Å². The van der Waals surface area contributed by atoms with Gasteiger partial charge in [-0.05, 0) is 59.9 Å². The molecule has 0 bridgehead atoms. The summed E-state index contributed by atoms with van der Waals surface area (Å²) in [5, 5.41) is 2.06. The first kappa shape index (κ1) is 20.0. The van der Waals surface area contributed by atoms with Crippen molar-refractivity contribution in [1.29, 1.82) is 0 Å². The highest BCUT2D eigenvalue weighted by Gasteiger charge is 2.24. The van der Waals surface area contributed by atoms with Gasteiger partial charge in [0.15, 0.2) is 6.61 Å². The van der Waals surface area contributed by atoms with Crippen LogP contribution in [0.15, 0.2) is 60.7 Å². The number of hydrogen-bond acceptors (Lipinski definition) is 4. The van der Waals surface area contributed by atoms with Crippen LogP contribution in [0.3, 0.4) is 0 Å². The standard InChI is InChI=1S/C25H25NO4/c1-17(19-9-10-21-15-22(29-2)12-11-20(21)14-19)25(28)30-16-24(27)26-13-5-7-18-6-3-4-8-23(18)26/h3-4,6,8-12,14-15,17H,5,7,13,16H2,1-2H3/t17-/m0/s1. The largest absolute Gasteiger partial charge is 0.497 e. The topological polar surface area (TPSA) is 55.8 Å². The van der Waals surface area contributed by atoms with E-state index in [1.54, 1.807) is 18.9 Å². The molecule has 1 amide bonds. The lowest BCUT2D eigenvalue weighted by Gasteiger charge is -2.29. The highest BCUT2D eigenvalue weighted by atomic mass is 16.5. The molecule has 0 aliphatic carbocycles. The lowest BCUT2D eigenvalue weighted by atomic mass is 9.98. The summed E-state index contributed by atoms with van der Waals surface area (Å²) in [6, 6.07) is 19.6. The van der Waals surface area contributed by atoms with Crippen LogP contribution in [0.25, 0.3) is 10.8 Å². The van der Waals surface area contributed by atoms with E-state index in [1.807, 2.05) is 60.7 Å². The van der Waals surface area contributed by atoms with Gasteiger partial charge in [-0.15, -0.1) is 0 Å². The number of aryl methyl sites for hydroxylation is 1. The van der Waals surface area contributed by atoms with E-state index in [1.165, 1.54) is 0 Å². The third-order valence-corrected chi connectivity index (χ3v) is 5.67. The molecule has 4 rings (SSSR count). The van der Waals surface area contributed by atoms with E-state index >= 15 is 0 Å². The number of para-hydroxylation sites is 1. The fraction of sp³-hybridized carbons (Fsp3) is 0.280. The van der Waals surface area contributed by atoms with Gasteiger partial charge < -0.3 is 14.4 Å². The Labute approximate surface area is 176 Å². The Morgan fingerprint density at radius 3 is 2.63 bits per heavy atom. The smallest absolute Gasteiger partial charge is 0.313 e. The zero-order valence-corrected chi connectivity index (χ0v) is 17.3. The second-order valence-electron chi connectivity index (χ2n) is 7.58. The molecule has 0 fully saturated rings. The Morgan fingerprint density at radius 1 is 1.03 bits per heavy atom. The average Bonchev–Trinajstić information content (AvgIpc) is 2.80. The number of nitrogens with zero attached hydrogens (tertiary/aromatic N) is 1. The third-order valence-electron chi connectivity index (χ3n) is 5.67. The third kappa shape index (κ3) is 4.01. The van der Waals surface area contributed by atoms with Crippen molar-refractivity contribution >= 4 is 28.3 Å². The summed E-state index contributed by atoms with van der Waals surface area (Å²) in [5.41, 5.74) is 2.93. The minimum atomic E-state index is -0.460. The zero-order chi connectivity index (χ0) is 21.1. The first-order valence-corrected chi connectivity index (χ1v) is 10.2. The number of esters is 1. The van der Waals surface area contributed by atoms with E-state index < -0.39 is 11.9 Å². The highest BCUT2D eigenvalue weighted by molar-refractivity contribution is 5.96. The number of anilines is 1. The number of carbonyl (C=O) groups excluding carboxylic acids is 2. The van der Waals surface area contributed by atoms with Crippen molar-refractivity contribution in [2.75, 3.05) is 25.2 Å². The summed E-state index contributed by atoms with van der Waals surface area (Å²) in [7, 11) is 1.64. The van der Waals surface area contributed by atoms with Crippen LogP contribution in [-0.2, 0) is 20.7 Å². The van der Waals surface area contributed by atoms with Gasteiger partial charge >= 0.3 is 5.97 Å². The van der Waals surface area contributed by atoms with E-state index in [4.69, 9.17) is 9.47 Å². The summed E-state index contributed by atoms with van der Waals surface area (Å²) in [6.07, 6.45) is 1.87. The van der Waals surface area contributed by atoms with E-state index in [0.29, 0.717) is 6.54 Å². The monoisotopic (exact) mass is 403 g/mol. The van der Waals surface area contributed by atoms with Gasteiger partial charge in [0.25, 0.3) is 5.91 Å². The van der Waals surface area contributed by atoms with Gasteiger partial charge in [-0.2, -0.15) is 0 Å². The number of carbonyl (C=O) groups is 2. The summed E-state index contributed by atoms with van der Waals surface area (Å²) < 4.78 is 10.6. The Bertz CT molecular complexity index is 1090. The van der Waals surface area contributed by atoms with Crippen molar-refractivity contribution in [3.05, 3.63) is 71.8 Å². The first-order chi connectivity index (χ1) is 14.6. The Balaban J connectivity index is 1.41. The molecule has 0 saturated carbocycles. The van der Waals surface area contributed by atoms with Crippen LogP contribution in [0.1, 0.15) is 30.4 Å². The van der Waals surface area contributed by atoms with Gasteiger partial charge in [-0.3, -0.25) is 9.59 Å². The number of rotatable bonds is 5. The van der Waals surface area contributed by atoms with Crippen molar-refractivity contribution in [2.45, 2.75) is 25.7 Å². The van der Waals surface area contributed by atoms with Crippen LogP contribution in [0.4, 0.5) is 5.69 Å². The van der Waals surface area contributed by atoms with Crippen LogP contribution < -0.4 is 9.64 Å². The summed E-state index contributed by atoms with van der Waals surface area (Å²) >= 11 is 0. The molecule has 3 aromatic rings. The molecule has 0 spiro atoms. The van der Waals surface area contributed by atoms with Crippen LogP contribution in [0.5, 0.6) is 5.75 Å². The van der Waals surface area contributed by atoms with E-state index in [-0.39, 0.29) is 12.5 Å². The maximum Gasteiger partial charge on any atom is 0.313 e. The molecule has 5 heteroatoms. The molecule has 0 unspecified atom stereocenters. The number of methoxy groups -OCH3 is 1. The minimum Gasteiger partial charge on any atom is -0.497 e. The van der Waals surface area contributed by atoms with Gasteiger partial charge in [0.2, 0.25) is 0 Å². The molecule has 1 aliphatic heterocycles. The Hall–Kier alpha value is -3.34. The first-order valence-electron chi connectivity index (χ1n) is 10.2. The molecule has 154 valence electrons. The second-order valence-corrected chi connectivity index (χ2v) is 7.58. The SMILES string of the molecule is COc1ccc2cc([C@H](C)C(=O)OCC(=O)N3CCCc4ccccc43)ccc2c1. The number of hydrogen-bond donors (Lipinski definition) is 0. The summed E-state index contributed by atoms with van der Waals surface area (Å²) in [4.78, 5) is 27.0. The fourth-order valence-corrected chi connectivity index (χ4v) is 3.90. The van der Waals surface area contributed by atoms with Crippen LogP contribution >= 0.6 is 0 Å². The predicted octanol–water partition coefficient (Wildman–Crippen LogP) is 4.47. The molecule has 1 aliphatic rings. The molecular formula is C25H25NO4. The van der Waals surface area contributed by atoms with Crippen LogP contribution in [-0.4, -0.2) is 32.1 Å². The number of amides is 1. The summed E-state index contributed by atoms with van der Waals surface area (Å²) in [6.45, 7) is 2.20. The maximum atomic E-state index is 12.7. The molecule has 1 heterocycles. The van der Waals surface area contributed by atoms with E-state index in [0.717, 1.165) is 46.2 Å². The lowest BCUT2D eigenvalue weighted by molar-refractivity contribution is -0.149. The highest BCUT2D eigenvalue weighted by Crippen LogP contribution is 2.28. The van der Waals surface area contributed by atoms with Crippen molar-refractivity contribution < 1.29 is 19.1 Å². The van der Waals surface area contributed by atoms with Crippen molar-refractivity contribution in [3.8, 4) is 5.75 Å². The molecule has 1 atom stereocenters. The maximum absolute atomic E-state index is 12.7. The number of ether oxygens (including phenoxy) is 2. The minimum absolute atomic E-state index is 0.187. The molecule has 0 saturated heterocycles. The van der Waals surface area contributed by atoms with Gasteiger partial charge in [0, 0.05) is 12.2 Å². The van der Waals surface area contributed by atoms with Gasteiger partial charge in [-0.25, -0.2) is 0 Å². The Morgan fingerprint density at radius 2 is 1.80 bits per heavy atom. The number of benzene rings is 3. The normalized spacial score (nSPS) is 14.1. The van der Waals surface area contributed by atoms with Crippen molar-refractivity contribution in [1.82, 2.24) is 0 Å². The van der Waals surface area contributed by atoms with Gasteiger partial charge in [0.1, 0.15) is 5.75 Å². The molecular weight excluding hydrogens is 378 g/mol. The quantitative estimate of drug-likeness (QED) is 0.590. The second kappa shape index (κ2) is 8.57. The van der Waals surface area contributed by atoms with E-state index in [9.17, 15) is 9.59 Å². The molecule has 3 aromatic carbocycles. The average molecular weight is 403 g/mol. The van der Waals surface area contributed by atoms with Crippen molar-refractivity contribution in [3.63, 3.8) is 0 Å². The molecule has 0 N–H and O–H groups in total. The fourth-order valence-electron chi connectivity index (χ4n) is 3.90. The lowest BCUT2D eigenvalue weighted by Crippen LogP contribution is -2.38. The summed E-state index contributed by atoms with van der Waals surface area (Å²) in [5.74, 6) is -0.256. The molecule has 0 radical (unpaired) electrons. The molecule has 30 heavy (non-hydrogen) atoms. The van der Waals surface area contributed by atoms with E-state index in [2.05, 4.69) is 0 Å². The van der Waals surface area contributed by atoms with Crippen LogP contribution in [0, 0.1) is 0 Å². The molecule has 5 nitrogen and oxygen atoms in total. The number of fused-ring (bicyclic) bond motifs is 2.